The molecule has 0 aromatic carbocycles. The molecule has 2 aliphatic heterocycles. The summed E-state index contributed by atoms with van der Waals surface area (Å²) < 4.78 is 18.9. The summed E-state index contributed by atoms with van der Waals surface area (Å²) in [6, 6.07) is 3.74. The Bertz CT molecular complexity index is 858. The van der Waals surface area contributed by atoms with Crippen molar-refractivity contribution in [3.63, 3.8) is 0 Å². The lowest BCUT2D eigenvalue weighted by atomic mass is 10.0. The van der Waals surface area contributed by atoms with Crippen molar-refractivity contribution in [1.29, 1.82) is 0 Å². The van der Waals surface area contributed by atoms with Crippen molar-refractivity contribution in [2.45, 2.75) is 24.7 Å². The zero-order valence-electron chi connectivity index (χ0n) is 13.6. The minimum Gasteiger partial charge on any atom is -0.492 e. The summed E-state index contributed by atoms with van der Waals surface area (Å²) in [5, 5.41) is 14.7. The van der Waals surface area contributed by atoms with Gasteiger partial charge in [0.15, 0.2) is 17.6 Å². The van der Waals surface area contributed by atoms with Crippen LogP contribution in [0.25, 0.3) is 4.96 Å². The van der Waals surface area contributed by atoms with E-state index >= 15 is 0 Å². The summed E-state index contributed by atoms with van der Waals surface area (Å²) >= 11 is 1.45. The topological polar surface area (TPSA) is 86.5 Å². The first-order valence-corrected chi connectivity index (χ1v) is 9.25. The molecule has 5 heterocycles. The number of thiazole rings is 1. The van der Waals surface area contributed by atoms with E-state index in [4.69, 9.17) is 13.9 Å². The van der Waals surface area contributed by atoms with Crippen LogP contribution in [0.3, 0.4) is 0 Å². The lowest BCUT2D eigenvalue weighted by Gasteiger charge is -2.37. The summed E-state index contributed by atoms with van der Waals surface area (Å²) in [5.74, 6) is 0.559. The van der Waals surface area contributed by atoms with Gasteiger partial charge in [0.2, 0.25) is 10.8 Å². The van der Waals surface area contributed by atoms with Crippen LogP contribution in [0.15, 0.2) is 29.1 Å². The fourth-order valence-electron chi connectivity index (χ4n) is 3.88. The molecule has 2 aliphatic rings. The normalized spacial score (nSPS) is 22.1. The van der Waals surface area contributed by atoms with Crippen molar-refractivity contribution in [1.82, 2.24) is 14.6 Å². The van der Waals surface area contributed by atoms with Gasteiger partial charge in [-0.3, -0.25) is 0 Å². The van der Waals surface area contributed by atoms with Gasteiger partial charge in [0.05, 0.1) is 45.4 Å². The molecule has 1 spiro atoms. The van der Waals surface area contributed by atoms with Crippen LogP contribution in [0, 0.1) is 0 Å². The number of likely N-dealkylation sites (tertiary alicyclic amines) is 1. The van der Waals surface area contributed by atoms with E-state index in [0.717, 1.165) is 36.6 Å². The van der Waals surface area contributed by atoms with Gasteiger partial charge in [-0.15, -0.1) is 0 Å². The molecule has 0 amide bonds. The third-order valence-electron chi connectivity index (χ3n) is 5.10. The number of aromatic nitrogens is 3. The number of aromatic hydroxyl groups is 1. The number of furan rings is 1. The number of rotatable bonds is 3. The van der Waals surface area contributed by atoms with Gasteiger partial charge in [-0.2, -0.15) is 9.61 Å². The van der Waals surface area contributed by atoms with Gasteiger partial charge in [0.25, 0.3) is 0 Å². The molecule has 0 aliphatic carbocycles. The highest BCUT2D eigenvalue weighted by molar-refractivity contribution is 7.17. The maximum Gasteiger partial charge on any atom is 0.235 e. The molecular weight excluding hydrogens is 344 g/mol. The van der Waals surface area contributed by atoms with Gasteiger partial charge in [-0.25, -0.2) is 4.98 Å². The van der Waals surface area contributed by atoms with Crippen LogP contribution in [0.4, 0.5) is 0 Å². The summed E-state index contributed by atoms with van der Waals surface area (Å²) in [4.78, 5) is 7.02. The van der Waals surface area contributed by atoms with Crippen molar-refractivity contribution in [2.75, 3.05) is 26.3 Å². The van der Waals surface area contributed by atoms with E-state index in [9.17, 15) is 5.11 Å². The highest BCUT2D eigenvalue weighted by atomic mass is 32.1. The molecule has 2 saturated heterocycles. The van der Waals surface area contributed by atoms with E-state index in [-0.39, 0.29) is 11.9 Å². The van der Waals surface area contributed by atoms with Gasteiger partial charge >= 0.3 is 0 Å². The summed E-state index contributed by atoms with van der Waals surface area (Å²) in [6.45, 7) is 3.09. The molecule has 3 aromatic rings. The van der Waals surface area contributed by atoms with E-state index in [2.05, 4.69) is 10.1 Å². The van der Waals surface area contributed by atoms with Crippen LogP contribution in [-0.2, 0) is 9.47 Å². The van der Waals surface area contributed by atoms with Crippen molar-refractivity contribution in [3.05, 3.63) is 35.4 Å². The Labute approximate surface area is 147 Å². The second-order valence-electron chi connectivity index (χ2n) is 6.46. The third-order valence-corrected chi connectivity index (χ3v) is 6.20. The van der Waals surface area contributed by atoms with Gasteiger partial charge in [-0.1, -0.05) is 11.3 Å². The standard InChI is InChI=1S/C16H18N4O4S/c21-14-13(25-15-17-10-18-20(14)15)12(11-2-1-7-22-11)19-5-3-16(4-6-19)23-8-9-24-16/h1-2,7,10,12,21H,3-6,8-9H2/p+1/t12-/m0/s1. The largest absolute Gasteiger partial charge is 0.492 e. The molecule has 25 heavy (non-hydrogen) atoms. The molecule has 0 radical (unpaired) electrons. The van der Waals surface area contributed by atoms with Gasteiger partial charge in [0.1, 0.15) is 11.2 Å². The Balaban J connectivity index is 1.49. The van der Waals surface area contributed by atoms with Crippen LogP contribution in [0.1, 0.15) is 29.5 Å². The molecule has 2 fully saturated rings. The van der Waals surface area contributed by atoms with E-state index < -0.39 is 5.79 Å². The number of nitrogens with one attached hydrogen (secondary N) is 1. The first kappa shape index (κ1) is 15.3. The molecule has 8 nitrogen and oxygen atoms in total. The van der Waals surface area contributed by atoms with Crippen molar-refractivity contribution >= 4 is 16.3 Å². The summed E-state index contributed by atoms with van der Waals surface area (Å²) in [6.07, 6.45) is 4.79. The van der Waals surface area contributed by atoms with Crippen LogP contribution >= 0.6 is 11.3 Å². The van der Waals surface area contributed by atoms with E-state index in [1.54, 1.807) is 6.26 Å². The molecule has 3 aromatic heterocycles. The predicted octanol–water partition coefficient (Wildman–Crippen LogP) is 0.601. The monoisotopic (exact) mass is 363 g/mol. The first-order valence-electron chi connectivity index (χ1n) is 8.43. The summed E-state index contributed by atoms with van der Waals surface area (Å²) in [7, 11) is 0. The molecule has 5 rings (SSSR count). The first-order chi connectivity index (χ1) is 12.3. The van der Waals surface area contributed by atoms with E-state index in [1.165, 1.54) is 27.1 Å². The number of ether oxygens (including phenoxy) is 2. The second kappa shape index (κ2) is 5.80. The fraction of sp³-hybridized carbons (Fsp3) is 0.500. The summed E-state index contributed by atoms with van der Waals surface area (Å²) in [5.41, 5.74) is 0. The Morgan fingerprint density at radius 3 is 2.76 bits per heavy atom. The Hall–Kier alpha value is -1.94. The maximum atomic E-state index is 10.6. The molecule has 132 valence electrons. The molecule has 0 saturated carbocycles. The van der Waals surface area contributed by atoms with Crippen LogP contribution in [-0.4, -0.2) is 51.8 Å². The fourth-order valence-corrected chi connectivity index (χ4v) is 4.97. The van der Waals surface area contributed by atoms with Gasteiger partial charge in [-0.05, 0) is 12.1 Å². The lowest BCUT2D eigenvalue weighted by molar-refractivity contribution is -0.934. The quantitative estimate of drug-likeness (QED) is 0.709. The SMILES string of the molecule is Oc1c([C@H](c2ccco2)[NH+]2CCC3(CC2)OCCO3)sc2ncnn12. The molecule has 1 atom stereocenters. The van der Waals surface area contributed by atoms with Crippen molar-refractivity contribution in [3.8, 4) is 5.88 Å². The van der Waals surface area contributed by atoms with Crippen LogP contribution in [0.2, 0.25) is 0 Å². The zero-order valence-corrected chi connectivity index (χ0v) is 14.4. The predicted molar refractivity (Wildman–Crippen MR) is 87.6 cm³/mol. The molecule has 2 N–H and O–H groups in total. The molecular formula is C16H19N4O4S+. The Morgan fingerprint density at radius 2 is 2.08 bits per heavy atom. The maximum absolute atomic E-state index is 10.6. The molecule has 0 bridgehead atoms. The molecule has 9 heteroatoms. The Morgan fingerprint density at radius 1 is 1.28 bits per heavy atom. The number of nitrogens with zero attached hydrogens (tertiary/aromatic N) is 3. The number of hydrogen-bond donors (Lipinski definition) is 2. The lowest BCUT2D eigenvalue weighted by Crippen LogP contribution is -3.14. The number of hydrogen-bond acceptors (Lipinski definition) is 7. The number of fused-ring (bicyclic) bond motifs is 1. The third kappa shape index (κ3) is 2.46. The molecule has 0 unspecified atom stereocenters. The number of quaternary nitrogens is 1. The second-order valence-corrected chi connectivity index (χ2v) is 7.47. The van der Waals surface area contributed by atoms with E-state index in [0.29, 0.717) is 18.2 Å². The van der Waals surface area contributed by atoms with E-state index in [1.807, 2.05) is 12.1 Å². The van der Waals surface area contributed by atoms with Crippen molar-refractivity contribution < 1.29 is 23.9 Å². The average Bonchev–Trinajstić information content (AvgIpc) is 3.39. The average molecular weight is 363 g/mol. The zero-order chi connectivity index (χ0) is 16.9. The van der Waals surface area contributed by atoms with Gasteiger partial charge < -0.3 is 23.9 Å². The number of piperidine rings is 1. The minimum atomic E-state index is -0.412. The van der Waals surface area contributed by atoms with Crippen LogP contribution < -0.4 is 4.90 Å². The highest BCUT2D eigenvalue weighted by Gasteiger charge is 2.45. The minimum absolute atomic E-state index is 0.0951. The van der Waals surface area contributed by atoms with Crippen LogP contribution in [0.5, 0.6) is 5.88 Å². The Kier molecular flexibility index (Phi) is 3.56. The smallest absolute Gasteiger partial charge is 0.235 e. The van der Waals surface area contributed by atoms with Gasteiger partial charge in [0, 0.05) is 0 Å². The highest BCUT2D eigenvalue weighted by Crippen LogP contribution is 2.36. The van der Waals surface area contributed by atoms with Crippen molar-refractivity contribution in [2.24, 2.45) is 0 Å².